The molecule has 0 spiro atoms. The van der Waals surface area contributed by atoms with Crippen molar-refractivity contribution in [2.45, 2.75) is 25.6 Å². The third-order valence-corrected chi connectivity index (χ3v) is 7.18. The van der Waals surface area contributed by atoms with Crippen molar-refractivity contribution in [1.82, 2.24) is 9.55 Å². The Balaban J connectivity index is 1.96. The maximum Gasteiger partial charge on any atom is 0.349 e. The second kappa shape index (κ2) is 8.70. The van der Waals surface area contributed by atoms with Gasteiger partial charge in [0.05, 0.1) is 0 Å². The Labute approximate surface area is 147 Å². The van der Waals surface area contributed by atoms with Gasteiger partial charge in [0.15, 0.2) is 0 Å². The summed E-state index contributed by atoms with van der Waals surface area (Å²) in [6, 6.07) is 11.0. The zero-order valence-corrected chi connectivity index (χ0v) is 15.2. The zero-order chi connectivity index (χ0) is 18.3. The van der Waals surface area contributed by atoms with Gasteiger partial charge < -0.3 is 15.5 Å². The number of benzene rings is 1. The molecule has 1 amide bonds. The maximum absolute atomic E-state index is 12.1. The lowest BCUT2D eigenvalue weighted by Gasteiger charge is -2.21. The number of rotatable bonds is 8. The van der Waals surface area contributed by atoms with Crippen LogP contribution in [0.4, 0.5) is 5.82 Å². The van der Waals surface area contributed by atoms with Crippen molar-refractivity contribution in [3.8, 4) is 0 Å². The molecule has 0 aliphatic carbocycles. The Hall–Kier alpha value is -2.29. The van der Waals surface area contributed by atoms with E-state index >= 15 is 0 Å². The van der Waals surface area contributed by atoms with Crippen molar-refractivity contribution in [3.63, 3.8) is 0 Å². The summed E-state index contributed by atoms with van der Waals surface area (Å²) < 4.78 is 1.46. The van der Waals surface area contributed by atoms with Crippen molar-refractivity contribution in [2.24, 2.45) is 0 Å². The Morgan fingerprint density at radius 2 is 1.88 bits per heavy atom. The largest absolute Gasteiger partial charge is 0.400 e. The molecule has 1 aromatic heterocycles. The molecule has 0 saturated carbocycles. The smallest absolute Gasteiger partial charge is 0.349 e. The monoisotopic (exact) mass is 361 g/mol. The topological polar surface area (TPSA) is 104 Å². The van der Waals surface area contributed by atoms with Crippen LogP contribution in [0.2, 0.25) is 12.6 Å². The van der Waals surface area contributed by atoms with Crippen molar-refractivity contribution >= 4 is 19.8 Å². The van der Waals surface area contributed by atoms with Crippen LogP contribution in [0.25, 0.3) is 0 Å². The summed E-state index contributed by atoms with van der Waals surface area (Å²) in [6.07, 6.45) is 2.33. The Bertz CT molecular complexity index is 760. The van der Waals surface area contributed by atoms with Crippen molar-refractivity contribution in [2.75, 3.05) is 17.8 Å². The quantitative estimate of drug-likeness (QED) is 0.609. The highest BCUT2D eigenvalue weighted by Gasteiger charge is 2.24. The number of nitrogens with one attached hydrogen (secondary N) is 1. The standard InChI is InChI=1S/C17H23N3O4Si/c1-25(12-21,13-22)11-5-9-20-10-8-15(19-17(20)24)18-16(23)14-6-3-2-4-7-14/h2-4,6-8,10,21-22H,5,9,11-13H2,1H3,(H,18,19,23,24). The van der Waals surface area contributed by atoms with Crippen LogP contribution < -0.4 is 11.0 Å². The number of hydrogen-bond donors (Lipinski definition) is 3. The maximum atomic E-state index is 12.1. The first-order valence-electron chi connectivity index (χ1n) is 8.13. The molecule has 0 atom stereocenters. The van der Waals surface area contributed by atoms with Gasteiger partial charge in [-0.05, 0) is 24.6 Å². The number of hydrogen-bond acceptors (Lipinski definition) is 5. The lowest BCUT2D eigenvalue weighted by atomic mass is 10.2. The van der Waals surface area contributed by atoms with Crippen LogP contribution in [0, 0.1) is 0 Å². The zero-order valence-electron chi connectivity index (χ0n) is 14.2. The SMILES string of the molecule is C[Si](CO)(CO)CCCn1ccc(NC(=O)c2ccccc2)nc1=O. The van der Waals surface area contributed by atoms with Gasteiger partial charge >= 0.3 is 5.69 Å². The highest BCUT2D eigenvalue weighted by molar-refractivity contribution is 6.78. The van der Waals surface area contributed by atoms with E-state index in [0.717, 1.165) is 6.04 Å². The van der Waals surface area contributed by atoms with E-state index < -0.39 is 13.8 Å². The summed E-state index contributed by atoms with van der Waals surface area (Å²) in [6.45, 7) is 2.39. The number of carbonyl (C=O) groups excluding carboxylic acids is 1. The molecule has 0 bridgehead atoms. The lowest BCUT2D eigenvalue weighted by molar-refractivity contribution is 0.102. The Morgan fingerprint density at radius 1 is 1.20 bits per heavy atom. The third-order valence-electron chi connectivity index (χ3n) is 4.09. The van der Waals surface area contributed by atoms with Gasteiger partial charge in [0.2, 0.25) is 0 Å². The third kappa shape index (κ3) is 5.35. The van der Waals surface area contributed by atoms with E-state index in [1.54, 1.807) is 36.5 Å². The molecule has 0 radical (unpaired) electrons. The molecular weight excluding hydrogens is 338 g/mol. The molecule has 2 rings (SSSR count). The van der Waals surface area contributed by atoms with E-state index in [0.29, 0.717) is 18.5 Å². The molecule has 0 unspecified atom stereocenters. The molecule has 8 heteroatoms. The number of carbonyl (C=O) groups is 1. The van der Waals surface area contributed by atoms with E-state index in [9.17, 15) is 19.8 Å². The van der Waals surface area contributed by atoms with E-state index in [2.05, 4.69) is 10.3 Å². The van der Waals surface area contributed by atoms with Crippen molar-refractivity contribution in [3.05, 3.63) is 58.6 Å². The van der Waals surface area contributed by atoms with Gasteiger partial charge in [-0.2, -0.15) is 4.98 Å². The number of amides is 1. The number of aliphatic hydroxyl groups is 2. The molecule has 25 heavy (non-hydrogen) atoms. The summed E-state index contributed by atoms with van der Waals surface area (Å²) in [5, 5.41) is 21.3. The van der Waals surface area contributed by atoms with Gasteiger partial charge in [-0.3, -0.25) is 9.36 Å². The molecule has 134 valence electrons. The van der Waals surface area contributed by atoms with Crippen molar-refractivity contribution < 1.29 is 15.0 Å². The molecular formula is C17H23N3O4Si. The fraction of sp³-hybridized carbons (Fsp3) is 0.353. The van der Waals surface area contributed by atoms with Gasteiger partial charge in [-0.15, -0.1) is 0 Å². The number of aliphatic hydroxyl groups excluding tert-OH is 2. The van der Waals surface area contributed by atoms with Crippen molar-refractivity contribution in [1.29, 1.82) is 0 Å². The summed E-state index contributed by atoms with van der Waals surface area (Å²) in [5.74, 6) is -0.113. The minimum absolute atomic E-state index is 0.0289. The fourth-order valence-electron chi connectivity index (χ4n) is 2.33. The van der Waals surface area contributed by atoms with Crippen LogP contribution in [-0.2, 0) is 6.54 Å². The Morgan fingerprint density at radius 3 is 2.48 bits per heavy atom. The van der Waals surface area contributed by atoms with Gasteiger partial charge in [0.25, 0.3) is 5.91 Å². The molecule has 2 aromatic rings. The number of nitrogens with zero attached hydrogens (tertiary/aromatic N) is 2. The number of aromatic nitrogens is 2. The molecule has 7 nitrogen and oxygen atoms in total. The fourth-order valence-corrected chi connectivity index (χ4v) is 3.76. The second-order valence-electron chi connectivity index (χ2n) is 6.34. The minimum atomic E-state index is -2.02. The summed E-state index contributed by atoms with van der Waals surface area (Å²) >= 11 is 0. The highest BCUT2D eigenvalue weighted by Crippen LogP contribution is 2.11. The first kappa shape index (κ1) is 19.0. The van der Waals surface area contributed by atoms with Crippen LogP contribution in [0.3, 0.4) is 0 Å². The first-order valence-corrected chi connectivity index (χ1v) is 11.3. The highest BCUT2D eigenvalue weighted by atomic mass is 28.3. The molecule has 0 aliphatic heterocycles. The summed E-state index contributed by atoms with van der Waals surface area (Å²) in [7, 11) is -2.02. The van der Waals surface area contributed by atoms with Crippen LogP contribution in [-0.4, -0.2) is 46.2 Å². The van der Waals surface area contributed by atoms with Crippen LogP contribution in [0.15, 0.2) is 47.4 Å². The second-order valence-corrected chi connectivity index (χ2v) is 11.1. The van der Waals surface area contributed by atoms with E-state index in [1.807, 2.05) is 12.6 Å². The van der Waals surface area contributed by atoms with E-state index in [4.69, 9.17) is 0 Å². The average Bonchev–Trinajstić information content (AvgIpc) is 2.64. The predicted molar refractivity (Wildman–Crippen MR) is 98.1 cm³/mol. The number of anilines is 1. The Kier molecular flexibility index (Phi) is 6.63. The molecule has 0 saturated heterocycles. The van der Waals surface area contributed by atoms with E-state index in [-0.39, 0.29) is 24.2 Å². The van der Waals surface area contributed by atoms with Gasteiger partial charge in [0, 0.05) is 30.8 Å². The predicted octanol–water partition coefficient (Wildman–Crippen LogP) is 1.03. The van der Waals surface area contributed by atoms with Crippen LogP contribution in [0.5, 0.6) is 0 Å². The normalized spacial score (nSPS) is 11.3. The van der Waals surface area contributed by atoms with Crippen LogP contribution >= 0.6 is 0 Å². The van der Waals surface area contributed by atoms with Crippen LogP contribution in [0.1, 0.15) is 16.8 Å². The molecule has 1 aromatic carbocycles. The molecule has 3 N–H and O–H groups in total. The average molecular weight is 361 g/mol. The van der Waals surface area contributed by atoms with Gasteiger partial charge in [-0.25, -0.2) is 4.79 Å². The molecule has 1 heterocycles. The molecule has 0 aliphatic rings. The summed E-state index contributed by atoms with van der Waals surface area (Å²) in [5.41, 5.74) is 0.0490. The lowest BCUT2D eigenvalue weighted by Crippen LogP contribution is -2.40. The number of aryl methyl sites for hydroxylation is 1. The van der Waals surface area contributed by atoms with Gasteiger partial charge in [0.1, 0.15) is 13.9 Å². The summed E-state index contributed by atoms with van der Waals surface area (Å²) in [4.78, 5) is 28.0. The molecule has 0 fully saturated rings. The van der Waals surface area contributed by atoms with Gasteiger partial charge in [-0.1, -0.05) is 30.8 Å². The van der Waals surface area contributed by atoms with E-state index in [1.165, 1.54) is 4.57 Å². The first-order chi connectivity index (χ1) is 12.0. The minimum Gasteiger partial charge on any atom is -0.400 e.